The highest BCUT2D eigenvalue weighted by Crippen LogP contribution is 2.22. The Morgan fingerprint density at radius 2 is 1.33 bits per heavy atom. The molecule has 0 aliphatic heterocycles. The van der Waals surface area contributed by atoms with Gasteiger partial charge in [-0.2, -0.15) is 0 Å². The zero-order valence-corrected chi connectivity index (χ0v) is 27.8. The quantitative estimate of drug-likeness (QED) is 0.0967. The summed E-state index contributed by atoms with van der Waals surface area (Å²) in [5, 5.41) is 19.1. The number of ether oxygens (including phenoxy) is 4. The zero-order valence-electron chi connectivity index (χ0n) is 27.8. The first-order valence-corrected chi connectivity index (χ1v) is 15.4. The van der Waals surface area contributed by atoms with E-state index in [-0.39, 0.29) is 35.9 Å². The van der Waals surface area contributed by atoms with E-state index in [1.165, 1.54) is 0 Å². The third kappa shape index (κ3) is 21.1. The van der Waals surface area contributed by atoms with Crippen LogP contribution in [0.4, 0.5) is 0 Å². The molecule has 0 aromatic carbocycles. The van der Waals surface area contributed by atoms with Crippen LogP contribution < -0.4 is 16.0 Å². The normalized spacial score (nSPS) is 14.5. The monoisotopic (exact) mass is 603 g/mol. The lowest BCUT2D eigenvalue weighted by Gasteiger charge is -2.29. The molecule has 0 aliphatic rings. The van der Waals surface area contributed by atoms with Crippen LogP contribution >= 0.6 is 0 Å². The van der Waals surface area contributed by atoms with Gasteiger partial charge in [0.2, 0.25) is 11.8 Å². The van der Waals surface area contributed by atoms with Gasteiger partial charge in [-0.25, -0.2) is 0 Å². The minimum atomic E-state index is -0.871. The zero-order chi connectivity index (χ0) is 32.2. The van der Waals surface area contributed by atoms with E-state index in [9.17, 15) is 19.5 Å². The fourth-order valence-electron chi connectivity index (χ4n) is 4.02. The van der Waals surface area contributed by atoms with Crippen LogP contribution in [0.3, 0.4) is 0 Å². The highest BCUT2D eigenvalue weighted by Gasteiger charge is 2.33. The van der Waals surface area contributed by atoms with Crippen molar-refractivity contribution in [3.8, 4) is 0 Å². The van der Waals surface area contributed by atoms with Crippen LogP contribution in [0, 0.1) is 16.7 Å². The maximum Gasteiger partial charge on any atom is 0.243 e. The molecule has 42 heavy (non-hydrogen) atoms. The molecule has 1 unspecified atom stereocenters. The topological polar surface area (TPSA) is 144 Å². The fraction of sp³-hybridized carbons (Fsp3) is 0.903. The van der Waals surface area contributed by atoms with Crippen molar-refractivity contribution in [2.75, 3.05) is 59.9 Å². The number of methoxy groups -OCH3 is 1. The number of aliphatic hydroxyl groups is 1. The van der Waals surface area contributed by atoms with E-state index >= 15 is 0 Å². The molecule has 2 amide bonds. The predicted octanol–water partition coefficient (Wildman–Crippen LogP) is 2.83. The van der Waals surface area contributed by atoms with Gasteiger partial charge in [-0.15, -0.1) is 0 Å². The van der Waals surface area contributed by atoms with Crippen molar-refractivity contribution in [3.63, 3.8) is 0 Å². The van der Waals surface area contributed by atoms with Gasteiger partial charge < -0.3 is 34.7 Å². The summed E-state index contributed by atoms with van der Waals surface area (Å²) >= 11 is 0. The third-order valence-electron chi connectivity index (χ3n) is 6.50. The SMILES string of the molecule is COCCOCCOCCOCCNC(O)CC[C@H](NC(=O)[C@@H](NC(=O)CCCC(C)(C)C)C(C)C)C(=O)C(C)(C)C. The molecular formula is C31H61N3O8. The maximum atomic E-state index is 13.2. The van der Waals surface area contributed by atoms with Crippen LogP contribution in [0.25, 0.3) is 0 Å². The smallest absolute Gasteiger partial charge is 0.243 e. The summed E-state index contributed by atoms with van der Waals surface area (Å²) in [5.74, 6) is -0.855. The van der Waals surface area contributed by atoms with Crippen molar-refractivity contribution >= 4 is 17.6 Å². The summed E-state index contributed by atoms with van der Waals surface area (Å²) in [6.07, 6.45) is 1.62. The Bertz CT molecular complexity index is 749. The number of hydrogen-bond donors (Lipinski definition) is 4. The van der Waals surface area contributed by atoms with Crippen molar-refractivity contribution in [1.82, 2.24) is 16.0 Å². The van der Waals surface area contributed by atoms with E-state index < -0.39 is 29.6 Å². The van der Waals surface area contributed by atoms with Gasteiger partial charge in [-0.3, -0.25) is 19.7 Å². The Morgan fingerprint density at radius 1 is 0.786 bits per heavy atom. The molecule has 11 heteroatoms. The van der Waals surface area contributed by atoms with Crippen LogP contribution in [0.1, 0.15) is 87.5 Å². The molecule has 0 radical (unpaired) electrons. The second-order valence-electron chi connectivity index (χ2n) is 13.3. The molecular weight excluding hydrogens is 542 g/mol. The Hall–Kier alpha value is -1.63. The summed E-state index contributed by atoms with van der Waals surface area (Å²) in [6.45, 7) is 19.3. The second kappa shape index (κ2) is 22.0. The van der Waals surface area contributed by atoms with Gasteiger partial charge in [0, 0.05) is 25.5 Å². The second-order valence-corrected chi connectivity index (χ2v) is 13.3. The number of rotatable bonds is 24. The number of amides is 2. The first-order valence-electron chi connectivity index (χ1n) is 15.4. The number of Topliss-reactive ketones (excluding diaryl/α,β-unsaturated/α-hetero) is 1. The molecule has 0 rings (SSSR count). The highest BCUT2D eigenvalue weighted by atomic mass is 16.6. The standard InChI is InChI=1S/C31H61N3O8/c1-23(2)27(34-26(36)11-10-14-30(3,4)5)29(38)33-24(28(37)31(6,7)8)12-13-25(35)32-15-16-40-19-20-42-22-21-41-18-17-39-9/h23-25,27,32,35H,10-22H2,1-9H3,(H,33,38)(H,34,36)/t24-,25?,27-/m0/s1. The summed E-state index contributed by atoms with van der Waals surface area (Å²) < 4.78 is 21.1. The van der Waals surface area contributed by atoms with Gasteiger partial charge in [-0.1, -0.05) is 55.4 Å². The number of hydrogen-bond acceptors (Lipinski definition) is 9. The van der Waals surface area contributed by atoms with Gasteiger partial charge in [0.15, 0.2) is 5.78 Å². The third-order valence-corrected chi connectivity index (χ3v) is 6.50. The molecule has 0 aromatic rings. The Morgan fingerprint density at radius 3 is 1.83 bits per heavy atom. The molecule has 248 valence electrons. The molecule has 0 bridgehead atoms. The lowest BCUT2D eigenvalue weighted by atomic mass is 9.84. The predicted molar refractivity (Wildman–Crippen MR) is 164 cm³/mol. The van der Waals surface area contributed by atoms with Crippen molar-refractivity contribution < 1.29 is 38.4 Å². The largest absolute Gasteiger partial charge is 0.382 e. The first kappa shape index (κ1) is 40.4. The van der Waals surface area contributed by atoms with Gasteiger partial charge in [0.1, 0.15) is 12.3 Å². The van der Waals surface area contributed by atoms with Crippen LogP contribution in [-0.2, 0) is 33.3 Å². The van der Waals surface area contributed by atoms with E-state index in [2.05, 4.69) is 36.7 Å². The van der Waals surface area contributed by atoms with Gasteiger partial charge in [-0.05, 0) is 37.0 Å². The molecule has 0 fully saturated rings. The van der Waals surface area contributed by atoms with Gasteiger partial charge in [0.25, 0.3) is 0 Å². The van der Waals surface area contributed by atoms with E-state index in [1.54, 1.807) is 27.9 Å². The first-order chi connectivity index (χ1) is 19.6. The fourth-order valence-corrected chi connectivity index (χ4v) is 4.02. The molecule has 0 heterocycles. The summed E-state index contributed by atoms with van der Waals surface area (Å²) in [7, 11) is 1.62. The Labute approximate surface area is 254 Å². The number of carbonyl (C=O) groups is 3. The molecule has 4 N–H and O–H groups in total. The lowest BCUT2D eigenvalue weighted by Crippen LogP contribution is -2.55. The number of carbonyl (C=O) groups excluding carboxylic acids is 3. The van der Waals surface area contributed by atoms with E-state index in [0.29, 0.717) is 59.2 Å². The molecule has 0 aliphatic carbocycles. The molecule has 0 saturated carbocycles. The average molecular weight is 604 g/mol. The van der Waals surface area contributed by atoms with E-state index in [1.807, 2.05) is 13.8 Å². The van der Waals surface area contributed by atoms with Crippen LogP contribution in [0.15, 0.2) is 0 Å². The number of ketones is 1. The van der Waals surface area contributed by atoms with Gasteiger partial charge >= 0.3 is 0 Å². The molecule has 0 spiro atoms. The minimum Gasteiger partial charge on any atom is -0.382 e. The molecule has 0 aromatic heterocycles. The van der Waals surface area contributed by atoms with Crippen LogP contribution in [-0.4, -0.2) is 101 Å². The molecule has 3 atom stereocenters. The van der Waals surface area contributed by atoms with Crippen molar-refractivity contribution in [3.05, 3.63) is 0 Å². The summed E-state index contributed by atoms with van der Waals surface area (Å²) in [4.78, 5) is 39.0. The lowest BCUT2D eigenvalue weighted by molar-refractivity contribution is -0.135. The maximum absolute atomic E-state index is 13.2. The van der Waals surface area contributed by atoms with Crippen LogP contribution in [0.5, 0.6) is 0 Å². The minimum absolute atomic E-state index is 0.130. The van der Waals surface area contributed by atoms with Gasteiger partial charge in [0.05, 0.1) is 52.3 Å². The number of nitrogens with one attached hydrogen (secondary N) is 3. The average Bonchev–Trinajstić information content (AvgIpc) is 2.88. The van der Waals surface area contributed by atoms with Crippen molar-refractivity contribution in [2.45, 2.75) is 106 Å². The summed E-state index contributed by atoms with van der Waals surface area (Å²) in [6, 6.07) is -1.55. The molecule has 0 saturated heterocycles. The highest BCUT2D eigenvalue weighted by molar-refractivity contribution is 5.94. The van der Waals surface area contributed by atoms with E-state index in [0.717, 1.165) is 12.8 Å². The molecule has 11 nitrogen and oxygen atoms in total. The van der Waals surface area contributed by atoms with Crippen molar-refractivity contribution in [1.29, 1.82) is 0 Å². The van der Waals surface area contributed by atoms with Crippen molar-refractivity contribution in [2.24, 2.45) is 16.7 Å². The number of aliphatic hydroxyl groups excluding tert-OH is 1. The Balaban J connectivity index is 4.66. The van der Waals surface area contributed by atoms with E-state index in [4.69, 9.17) is 18.9 Å². The Kier molecular flexibility index (Phi) is 21.1. The van der Waals surface area contributed by atoms with Crippen LogP contribution in [0.2, 0.25) is 0 Å². The summed E-state index contributed by atoms with van der Waals surface area (Å²) in [5.41, 5.74) is -0.553.